The molecule has 0 amide bonds. The van der Waals surface area contributed by atoms with E-state index in [1.165, 1.54) is 0 Å². The van der Waals surface area contributed by atoms with E-state index < -0.39 is 0 Å². The summed E-state index contributed by atoms with van der Waals surface area (Å²) < 4.78 is 1.79. The van der Waals surface area contributed by atoms with Gasteiger partial charge in [-0.15, -0.1) is 10.2 Å². The topological polar surface area (TPSA) is 55.1 Å². The van der Waals surface area contributed by atoms with Gasteiger partial charge < -0.3 is 5.32 Å². The SMILES string of the molecule is c1ccc(NCCCc2nnc3cccnn23)cc1. The van der Waals surface area contributed by atoms with Gasteiger partial charge in [0, 0.05) is 24.8 Å². The van der Waals surface area contributed by atoms with E-state index >= 15 is 0 Å². The lowest BCUT2D eigenvalue weighted by Gasteiger charge is -2.04. The zero-order chi connectivity index (χ0) is 12.9. The summed E-state index contributed by atoms with van der Waals surface area (Å²) in [5.41, 5.74) is 1.94. The standard InChI is InChI=1S/C14H15N5/c1-2-6-12(7-3-1)15-10-4-8-13-17-18-14-9-5-11-16-19(13)14/h1-3,5-7,9,11,15H,4,8,10H2. The minimum atomic E-state index is 0.800. The molecule has 1 aromatic carbocycles. The van der Waals surface area contributed by atoms with E-state index in [0.29, 0.717) is 0 Å². The number of aryl methyl sites for hydroxylation is 1. The number of nitrogens with one attached hydrogen (secondary N) is 1. The highest BCUT2D eigenvalue weighted by Gasteiger charge is 2.04. The fraction of sp³-hybridized carbons (Fsp3) is 0.214. The number of nitrogens with zero attached hydrogens (tertiary/aromatic N) is 4. The molecule has 3 rings (SSSR count). The van der Waals surface area contributed by atoms with Crippen molar-refractivity contribution in [2.24, 2.45) is 0 Å². The van der Waals surface area contributed by atoms with Crippen molar-refractivity contribution in [2.45, 2.75) is 12.8 Å². The van der Waals surface area contributed by atoms with Crippen molar-refractivity contribution in [1.29, 1.82) is 0 Å². The van der Waals surface area contributed by atoms with Gasteiger partial charge in [0.05, 0.1) is 0 Å². The van der Waals surface area contributed by atoms with Gasteiger partial charge in [-0.25, -0.2) is 0 Å². The van der Waals surface area contributed by atoms with Gasteiger partial charge in [0.25, 0.3) is 0 Å². The Kier molecular flexibility index (Phi) is 3.36. The number of anilines is 1. The maximum atomic E-state index is 4.25. The first-order valence-electron chi connectivity index (χ1n) is 6.38. The average Bonchev–Trinajstić information content (AvgIpc) is 2.88. The van der Waals surface area contributed by atoms with Crippen LogP contribution in [0.5, 0.6) is 0 Å². The molecule has 5 heteroatoms. The van der Waals surface area contributed by atoms with Crippen molar-refractivity contribution >= 4 is 11.3 Å². The predicted octanol–water partition coefficient (Wildman–Crippen LogP) is 2.17. The van der Waals surface area contributed by atoms with Crippen LogP contribution in [0.25, 0.3) is 5.65 Å². The van der Waals surface area contributed by atoms with Gasteiger partial charge >= 0.3 is 0 Å². The monoisotopic (exact) mass is 253 g/mol. The second kappa shape index (κ2) is 5.48. The van der Waals surface area contributed by atoms with Crippen LogP contribution < -0.4 is 5.32 Å². The molecule has 0 aliphatic rings. The molecule has 96 valence electrons. The van der Waals surface area contributed by atoms with E-state index in [2.05, 4.69) is 32.7 Å². The van der Waals surface area contributed by atoms with E-state index in [-0.39, 0.29) is 0 Å². The Bertz CT molecular complexity index is 647. The Balaban J connectivity index is 1.55. The third-order valence-corrected chi connectivity index (χ3v) is 2.92. The van der Waals surface area contributed by atoms with Gasteiger partial charge in [0.1, 0.15) is 0 Å². The van der Waals surface area contributed by atoms with Crippen LogP contribution >= 0.6 is 0 Å². The van der Waals surface area contributed by atoms with Crippen molar-refractivity contribution in [2.75, 3.05) is 11.9 Å². The number of fused-ring (bicyclic) bond motifs is 1. The number of benzene rings is 1. The third kappa shape index (κ3) is 2.70. The summed E-state index contributed by atoms with van der Waals surface area (Å²) >= 11 is 0. The van der Waals surface area contributed by atoms with Crippen LogP contribution in [0.4, 0.5) is 5.69 Å². The number of hydrogen-bond acceptors (Lipinski definition) is 4. The number of para-hydroxylation sites is 1. The summed E-state index contributed by atoms with van der Waals surface area (Å²) in [6.07, 6.45) is 3.60. The Morgan fingerprint density at radius 2 is 1.89 bits per heavy atom. The van der Waals surface area contributed by atoms with Gasteiger partial charge in [-0.1, -0.05) is 18.2 Å². The van der Waals surface area contributed by atoms with Crippen LogP contribution in [0.15, 0.2) is 48.7 Å². The minimum Gasteiger partial charge on any atom is -0.385 e. The molecular formula is C14H15N5. The van der Waals surface area contributed by atoms with Gasteiger partial charge in [0.15, 0.2) is 11.5 Å². The molecule has 19 heavy (non-hydrogen) atoms. The summed E-state index contributed by atoms with van der Waals surface area (Å²) in [6, 6.07) is 14.0. The zero-order valence-corrected chi connectivity index (χ0v) is 10.5. The van der Waals surface area contributed by atoms with E-state index in [1.54, 1.807) is 10.7 Å². The van der Waals surface area contributed by atoms with Crippen LogP contribution in [0.1, 0.15) is 12.2 Å². The molecule has 0 radical (unpaired) electrons. The summed E-state index contributed by atoms with van der Waals surface area (Å²) in [5.74, 6) is 0.908. The Morgan fingerprint density at radius 1 is 1.00 bits per heavy atom. The maximum Gasteiger partial charge on any atom is 0.177 e. The van der Waals surface area contributed by atoms with Gasteiger partial charge in [-0.2, -0.15) is 9.61 Å². The molecule has 0 aliphatic heterocycles. The second-order valence-electron chi connectivity index (χ2n) is 4.31. The van der Waals surface area contributed by atoms with Crippen LogP contribution in [0, 0.1) is 0 Å². The largest absolute Gasteiger partial charge is 0.385 e. The lowest BCUT2D eigenvalue weighted by atomic mass is 10.2. The minimum absolute atomic E-state index is 0.800. The summed E-state index contributed by atoms with van der Waals surface area (Å²) in [7, 11) is 0. The number of rotatable bonds is 5. The smallest absolute Gasteiger partial charge is 0.177 e. The first kappa shape index (κ1) is 11.6. The average molecular weight is 253 g/mol. The fourth-order valence-electron chi connectivity index (χ4n) is 1.98. The summed E-state index contributed by atoms with van der Waals surface area (Å²) in [6.45, 7) is 0.908. The molecule has 0 atom stereocenters. The second-order valence-corrected chi connectivity index (χ2v) is 4.31. The molecule has 0 aliphatic carbocycles. The maximum absolute atomic E-state index is 4.25. The van der Waals surface area contributed by atoms with Crippen LogP contribution in [-0.2, 0) is 6.42 Å². The van der Waals surface area contributed by atoms with E-state index in [0.717, 1.165) is 36.5 Å². The fourth-order valence-corrected chi connectivity index (χ4v) is 1.98. The molecule has 0 fully saturated rings. The molecule has 2 aromatic heterocycles. The molecular weight excluding hydrogens is 238 g/mol. The first-order valence-corrected chi connectivity index (χ1v) is 6.38. The van der Waals surface area contributed by atoms with Crippen LogP contribution in [0.3, 0.4) is 0 Å². The lowest BCUT2D eigenvalue weighted by Crippen LogP contribution is -2.05. The van der Waals surface area contributed by atoms with Crippen molar-refractivity contribution in [3.8, 4) is 0 Å². The molecule has 3 aromatic rings. The van der Waals surface area contributed by atoms with Crippen molar-refractivity contribution in [1.82, 2.24) is 19.8 Å². The highest BCUT2D eigenvalue weighted by Crippen LogP contribution is 2.06. The van der Waals surface area contributed by atoms with Crippen molar-refractivity contribution in [3.05, 3.63) is 54.5 Å². The molecule has 0 spiro atoms. The van der Waals surface area contributed by atoms with Gasteiger partial charge in [0.2, 0.25) is 0 Å². The third-order valence-electron chi connectivity index (χ3n) is 2.92. The van der Waals surface area contributed by atoms with Crippen LogP contribution in [-0.4, -0.2) is 26.4 Å². The Morgan fingerprint density at radius 3 is 2.79 bits per heavy atom. The Hall–Kier alpha value is -2.43. The summed E-state index contributed by atoms with van der Waals surface area (Å²) in [5, 5.41) is 15.9. The van der Waals surface area contributed by atoms with E-state index in [4.69, 9.17) is 0 Å². The van der Waals surface area contributed by atoms with E-state index in [1.807, 2.05) is 30.3 Å². The van der Waals surface area contributed by atoms with Gasteiger partial charge in [-0.3, -0.25) is 0 Å². The number of hydrogen-bond donors (Lipinski definition) is 1. The van der Waals surface area contributed by atoms with E-state index in [9.17, 15) is 0 Å². The molecule has 2 heterocycles. The molecule has 1 N–H and O–H groups in total. The van der Waals surface area contributed by atoms with Crippen molar-refractivity contribution < 1.29 is 0 Å². The normalized spacial score (nSPS) is 10.7. The zero-order valence-electron chi connectivity index (χ0n) is 10.5. The quantitative estimate of drug-likeness (QED) is 0.708. The van der Waals surface area contributed by atoms with Crippen LogP contribution in [0.2, 0.25) is 0 Å². The number of aromatic nitrogens is 4. The Labute approximate surface area is 111 Å². The molecule has 5 nitrogen and oxygen atoms in total. The molecule has 0 saturated heterocycles. The molecule has 0 unspecified atom stereocenters. The van der Waals surface area contributed by atoms with Gasteiger partial charge in [-0.05, 0) is 30.7 Å². The predicted molar refractivity (Wildman–Crippen MR) is 74.0 cm³/mol. The highest BCUT2D eigenvalue weighted by molar-refractivity contribution is 5.42. The lowest BCUT2D eigenvalue weighted by molar-refractivity contribution is 0.751. The summed E-state index contributed by atoms with van der Waals surface area (Å²) in [4.78, 5) is 0. The molecule has 0 saturated carbocycles. The first-order chi connectivity index (χ1) is 9.43. The van der Waals surface area contributed by atoms with Crippen molar-refractivity contribution in [3.63, 3.8) is 0 Å². The highest BCUT2D eigenvalue weighted by atomic mass is 15.4. The molecule has 0 bridgehead atoms.